The molecule has 4 heterocycles. The summed E-state index contributed by atoms with van der Waals surface area (Å²) in [6, 6.07) is 12.8. The standard InChI is InChI=1S/C36H50N4O10S/c1-36(2,14-8-15-37-34(42)39-16-6-7-17-39)23-40(51(44,45)26-11-12-30-31(20-26)49-24-48-30)21-29(41)28(19-25-9-4-3-5-10-25)38-35(43)50-32-22-47-33-27(32)13-18-46-33/h3-5,9-12,20,27-29,32-33,41H,6-8,13-19,21-24H2,1-2H3,(H,37,42)(H,38,43)/t27-,28-,29+,32-,33+/m0/s1. The second-order valence-corrected chi connectivity index (χ2v) is 16.4. The first-order valence-electron chi connectivity index (χ1n) is 17.8. The highest BCUT2D eigenvalue weighted by Crippen LogP contribution is 2.36. The summed E-state index contributed by atoms with van der Waals surface area (Å²) in [6.07, 6.45) is 1.26. The summed E-state index contributed by atoms with van der Waals surface area (Å²) >= 11 is 0. The van der Waals surface area contributed by atoms with E-state index in [0.29, 0.717) is 43.9 Å². The second-order valence-electron chi connectivity index (χ2n) is 14.5. The van der Waals surface area contributed by atoms with E-state index in [-0.39, 0.29) is 49.8 Å². The third-order valence-corrected chi connectivity index (χ3v) is 11.8. The van der Waals surface area contributed by atoms with Crippen LogP contribution in [0.1, 0.15) is 51.5 Å². The van der Waals surface area contributed by atoms with Crippen molar-refractivity contribution in [2.45, 2.75) is 81.8 Å². The molecule has 2 aromatic rings. The molecule has 15 heteroatoms. The Kier molecular flexibility index (Phi) is 11.9. The molecule has 5 atom stereocenters. The first-order chi connectivity index (χ1) is 24.5. The minimum atomic E-state index is -4.18. The second kappa shape index (κ2) is 16.4. The average Bonchev–Trinajstić information content (AvgIpc) is 3.93. The number of aliphatic hydroxyl groups is 1. The van der Waals surface area contributed by atoms with Crippen LogP contribution in [0.25, 0.3) is 0 Å². The van der Waals surface area contributed by atoms with Gasteiger partial charge in [-0.15, -0.1) is 0 Å². The maximum absolute atomic E-state index is 14.4. The van der Waals surface area contributed by atoms with Crippen molar-refractivity contribution in [3.63, 3.8) is 0 Å². The van der Waals surface area contributed by atoms with Crippen molar-refractivity contribution in [1.82, 2.24) is 19.8 Å². The van der Waals surface area contributed by atoms with E-state index in [9.17, 15) is 23.1 Å². The predicted octanol–water partition coefficient (Wildman–Crippen LogP) is 3.48. The van der Waals surface area contributed by atoms with Crippen molar-refractivity contribution in [2.75, 3.05) is 52.7 Å². The van der Waals surface area contributed by atoms with Gasteiger partial charge in [0.05, 0.1) is 36.2 Å². The van der Waals surface area contributed by atoms with Crippen LogP contribution in [0.15, 0.2) is 53.4 Å². The minimum Gasteiger partial charge on any atom is -0.454 e. The number of carbonyl (C=O) groups excluding carboxylic acids is 2. The molecule has 0 unspecified atom stereocenters. The monoisotopic (exact) mass is 730 g/mol. The largest absolute Gasteiger partial charge is 0.454 e. The number of amides is 3. The van der Waals surface area contributed by atoms with E-state index in [1.54, 1.807) is 6.07 Å². The van der Waals surface area contributed by atoms with Crippen LogP contribution in [0.2, 0.25) is 0 Å². The zero-order valence-corrected chi connectivity index (χ0v) is 30.1. The molecule has 0 aromatic heterocycles. The topological polar surface area (TPSA) is 165 Å². The van der Waals surface area contributed by atoms with E-state index in [0.717, 1.165) is 31.5 Å². The van der Waals surface area contributed by atoms with Crippen molar-refractivity contribution in [1.29, 1.82) is 0 Å². The molecule has 0 bridgehead atoms. The Bertz CT molecular complexity index is 1600. The van der Waals surface area contributed by atoms with E-state index in [4.69, 9.17) is 23.7 Å². The van der Waals surface area contributed by atoms with Crippen LogP contribution < -0.4 is 20.1 Å². The summed E-state index contributed by atoms with van der Waals surface area (Å²) in [7, 11) is -4.18. The van der Waals surface area contributed by atoms with Gasteiger partial charge in [0.2, 0.25) is 16.8 Å². The summed E-state index contributed by atoms with van der Waals surface area (Å²) in [5, 5.41) is 17.6. The van der Waals surface area contributed by atoms with Crippen molar-refractivity contribution in [2.24, 2.45) is 11.3 Å². The number of aliphatic hydroxyl groups excluding tert-OH is 1. The third kappa shape index (κ3) is 9.43. The van der Waals surface area contributed by atoms with Gasteiger partial charge in [-0.2, -0.15) is 4.31 Å². The average molecular weight is 731 g/mol. The lowest BCUT2D eigenvalue weighted by atomic mass is 9.87. The van der Waals surface area contributed by atoms with E-state index < -0.39 is 46.1 Å². The molecule has 6 rings (SSSR count). The van der Waals surface area contributed by atoms with Crippen molar-refractivity contribution in [3.05, 3.63) is 54.1 Å². The van der Waals surface area contributed by atoms with Crippen LogP contribution in [-0.2, 0) is 30.7 Å². The molecular formula is C36H50N4O10S. The molecule has 0 aliphatic carbocycles. The van der Waals surface area contributed by atoms with Crippen molar-refractivity contribution < 1.29 is 46.8 Å². The summed E-state index contributed by atoms with van der Waals surface area (Å²) in [4.78, 5) is 27.6. The Morgan fingerprint density at radius 2 is 1.84 bits per heavy atom. The molecule has 0 spiro atoms. The van der Waals surface area contributed by atoms with Gasteiger partial charge in [0.25, 0.3) is 0 Å². The maximum atomic E-state index is 14.4. The Morgan fingerprint density at radius 1 is 1.08 bits per heavy atom. The smallest absolute Gasteiger partial charge is 0.407 e. The maximum Gasteiger partial charge on any atom is 0.407 e. The quantitative estimate of drug-likeness (QED) is 0.231. The molecule has 3 saturated heterocycles. The number of urea groups is 1. The molecule has 51 heavy (non-hydrogen) atoms. The third-order valence-electron chi connectivity index (χ3n) is 9.99. The van der Waals surface area contributed by atoms with Gasteiger partial charge in [-0.3, -0.25) is 0 Å². The first kappa shape index (κ1) is 37.1. The van der Waals surface area contributed by atoms with Gasteiger partial charge in [0.1, 0.15) is 6.10 Å². The number of nitrogens with zero attached hydrogens (tertiary/aromatic N) is 2. The zero-order chi connectivity index (χ0) is 36.0. The molecule has 4 aliphatic heterocycles. The number of rotatable bonds is 15. The molecule has 2 aromatic carbocycles. The van der Waals surface area contributed by atoms with Crippen LogP contribution in [-0.4, -0.2) is 112 Å². The van der Waals surface area contributed by atoms with E-state index in [2.05, 4.69) is 10.6 Å². The van der Waals surface area contributed by atoms with Crippen molar-refractivity contribution >= 4 is 22.1 Å². The summed E-state index contributed by atoms with van der Waals surface area (Å²) < 4.78 is 57.8. The minimum absolute atomic E-state index is 0.00539. The zero-order valence-electron chi connectivity index (χ0n) is 29.3. The van der Waals surface area contributed by atoms with Gasteiger partial charge in [0, 0.05) is 38.8 Å². The Morgan fingerprint density at radius 3 is 2.63 bits per heavy atom. The highest BCUT2D eigenvalue weighted by Gasteiger charge is 2.44. The van der Waals surface area contributed by atoms with Gasteiger partial charge < -0.3 is 44.3 Å². The Balaban J connectivity index is 1.18. The number of alkyl carbamates (subject to hydrolysis) is 1. The molecule has 3 amide bonds. The van der Waals surface area contributed by atoms with Crippen LogP contribution >= 0.6 is 0 Å². The summed E-state index contributed by atoms with van der Waals surface area (Å²) in [6.45, 7) is 6.39. The summed E-state index contributed by atoms with van der Waals surface area (Å²) in [5.74, 6) is 0.707. The number of ether oxygens (including phenoxy) is 5. The molecular weight excluding hydrogens is 680 g/mol. The Labute approximate surface area is 299 Å². The number of sulfonamides is 1. The van der Waals surface area contributed by atoms with E-state index in [1.807, 2.05) is 49.1 Å². The molecule has 280 valence electrons. The fraction of sp³-hybridized carbons (Fsp3) is 0.611. The molecule has 3 N–H and O–H groups in total. The van der Waals surface area contributed by atoms with Crippen LogP contribution in [0.4, 0.5) is 9.59 Å². The molecule has 3 fully saturated rings. The van der Waals surface area contributed by atoms with E-state index in [1.165, 1.54) is 16.4 Å². The number of likely N-dealkylation sites (tertiary alicyclic amines) is 1. The van der Waals surface area contributed by atoms with E-state index >= 15 is 0 Å². The van der Waals surface area contributed by atoms with Gasteiger partial charge in [0.15, 0.2) is 17.8 Å². The lowest BCUT2D eigenvalue weighted by Gasteiger charge is -2.35. The molecule has 4 aliphatic rings. The molecule has 0 radical (unpaired) electrons. The van der Waals surface area contributed by atoms with Crippen molar-refractivity contribution in [3.8, 4) is 11.5 Å². The number of nitrogens with one attached hydrogen (secondary N) is 2. The van der Waals surface area contributed by atoms with Crippen LogP contribution in [0.5, 0.6) is 11.5 Å². The Hall–Kier alpha value is -3.63. The SMILES string of the molecule is CC(C)(CCCNC(=O)N1CCCC1)CN(C[C@@H](O)[C@H](Cc1ccccc1)NC(=O)O[C@H]1CO[C@H]2OCC[C@H]21)S(=O)(=O)c1ccc2c(c1)OCO2. The molecule has 0 saturated carbocycles. The number of hydrogen-bond donors (Lipinski definition) is 3. The first-order valence-corrected chi connectivity index (χ1v) is 19.3. The number of fused-ring (bicyclic) bond motifs is 2. The number of carbonyl (C=O) groups is 2. The normalized spacial score (nSPS) is 22.5. The van der Waals surface area contributed by atoms with Crippen LogP contribution in [0.3, 0.4) is 0 Å². The molecule has 14 nitrogen and oxygen atoms in total. The number of benzene rings is 2. The van der Waals surface area contributed by atoms with Gasteiger partial charge in [-0.1, -0.05) is 44.2 Å². The number of hydrogen-bond acceptors (Lipinski definition) is 10. The highest BCUT2D eigenvalue weighted by atomic mass is 32.2. The summed E-state index contributed by atoms with van der Waals surface area (Å²) in [5.41, 5.74) is 0.294. The van der Waals surface area contributed by atoms with Gasteiger partial charge in [-0.25, -0.2) is 18.0 Å². The lowest BCUT2D eigenvalue weighted by Crippen LogP contribution is -2.52. The lowest BCUT2D eigenvalue weighted by molar-refractivity contribution is -0.0907. The van der Waals surface area contributed by atoms with Crippen LogP contribution in [0, 0.1) is 11.3 Å². The predicted molar refractivity (Wildman–Crippen MR) is 186 cm³/mol. The highest BCUT2D eigenvalue weighted by molar-refractivity contribution is 7.89. The fourth-order valence-corrected chi connectivity index (χ4v) is 8.80. The fourth-order valence-electron chi connectivity index (χ4n) is 7.14. The van der Waals surface area contributed by atoms with Gasteiger partial charge >= 0.3 is 12.1 Å². The van der Waals surface area contributed by atoms with Gasteiger partial charge in [-0.05, 0) is 61.6 Å².